The van der Waals surface area contributed by atoms with Crippen LogP contribution in [0.1, 0.15) is 34.8 Å². The minimum atomic E-state index is -0.876. The average molecular weight is 450 g/mol. The molecule has 166 valence electrons. The summed E-state index contributed by atoms with van der Waals surface area (Å²) in [7, 11) is 3.86. The van der Waals surface area contributed by atoms with E-state index in [2.05, 4.69) is 5.32 Å². The summed E-state index contributed by atoms with van der Waals surface area (Å²) in [4.78, 5) is 28.8. The second-order valence-corrected chi connectivity index (χ2v) is 8.34. The molecule has 3 rings (SSSR count). The lowest BCUT2D eigenvalue weighted by Crippen LogP contribution is -2.44. The number of amides is 2. The first-order chi connectivity index (χ1) is 14.8. The minimum Gasteiger partial charge on any atom is -0.354 e. The molecule has 0 radical (unpaired) electrons. The predicted octanol–water partition coefficient (Wildman–Crippen LogP) is 3.89. The Morgan fingerprint density at radius 2 is 1.84 bits per heavy atom. The molecule has 1 N–H and O–H groups in total. The van der Waals surface area contributed by atoms with Crippen molar-refractivity contribution < 1.29 is 18.4 Å². The Labute approximate surface area is 186 Å². The maximum absolute atomic E-state index is 13.9. The molecule has 0 aromatic heterocycles. The van der Waals surface area contributed by atoms with Gasteiger partial charge in [0.2, 0.25) is 5.91 Å². The van der Waals surface area contributed by atoms with Gasteiger partial charge in [0.15, 0.2) is 0 Å². The van der Waals surface area contributed by atoms with Gasteiger partial charge in [-0.25, -0.2) is 8.78 Å². The van der Waals surface area contributed by atoms with Gasteiger partial charge in [-0.2, -0.15) is 0 Å². The summed E-state index contributed by atoms with van der Waals surface area (Å²) in [6, 6.07) is 10.4. The Hall–Kier alpha value is -2.51. The maximum Gasteiger partial charge on any atom is 0.256 e. The van der Waals surface area contributed by atoms with Crippen LogP contribution < -0.4 is 5.32 Å². The van der Waals surface area contributed by atoms with E-state index in [1.54, 1.807) is 0 Å². The van der Waals surface area contributed by atoms with E-state index < -0.39 is 17.5 Å². The van der Waals surface area contributed by atoms with E-state index in [-0.39, 0.29) is 23.4 Å². The monoisotopic (exact) mass is 449 g/mol. The normalized spacial score (nSPS) is 15.7. The zero-order valence-electron chi connectivity index (χ0n) is 17.6. The van der Waals surface area contributed by atoms with Gasteiger partial charge < -0.3 is 15.1 Å². The number of piperidine rings is 1. The Morgan fingerprint density at radius 3 is 2.45 bits per heavy atom. The van der Waals surface area contributed by atoms with Crippen molar-refractivity contribution >= 4 is 23.4 Å². The third-order valence-corrected chi connectivity index (χ3v) is 6.02. The van der Waals surface area contributed by atoms with Gasteiger partial charge in [-0.05, 0) is 50.7 Å². The van der Waals surface area contributed by atoms with E-state index >= 15 is 0 Å². The molecule has 0 unspecified atom stereocenters. The van der Waals surface area contributed by atoms with Crippen LogP contribution in [-0.2, 0) is 4.79 Å². The molecular formula is C23H26ClF2N3O2. The SMILES string of the molecule is CN(C)[C@@H](CNC(=O)C1CCN(C(=O)c2ccc(F)cc2F)CC1)c1ccccc1Cl. The van der Waals surface area contributed by atoms with Crippen LogP contribution in [0, 0.1) is 17.6 Å². The number of benzene rings is 2. The van der Waals surface area contributed by atoms with Crippen molar-refractivity contribution in [3.05, 3.63) is 70.2 Å². The molecule has 1 aliphatic rings. The van der Waals surface area contributed by atoms with Gasteiger partial charge in [-0.15, -0.1) is 0 Å². The summed E-state index contributed by atoms with van der Waals surface area (Å²) >= 11 is 6.32. The molecule has 1 heterocycles. The highest BCUT2D eigenvalue weighted by molar-refractivity contribution is 6.31. The van der Waals surface area contributed by atoms with Gasteiger partial charge in [0, 0.05) is 36.6 Å². The van der Waals surface area contributed by atoms with Gasteiger partial charge in [0.25, 0.3) is 5.91 Å². The van der Waals surface area contributed by atoms with Crippen LogP contribution in [0.4, 0.5) is 8.78 Å². The van der Waals surface area contributed by atoms with Crippen molar-refractivity contribution in [3.8, 4) is 0 Å². The Kier molecular flexibility index (Phi) is 7.62. The third kappa shape index (κ3) is 5.60. The summed E-state index contributed by atoms with van der Waals surface area (Å²) in [5.74, 6) is -2.38. The van der Waals surface area contributed by atoms with Crippen molar-refractivity contribution in [2.24, 2.45) is 5.92 Å². The van der Waals surface area contributed by atoms with Crippen LogP contribution in [0.5, 0.6) is 0 Å². The van der Waals surface area contributed by atoms with Gasteiger partial charge in [0.05, 0.1) is 11.6 Å². The van der Waals surface area contributed by atoms with Crippen LogP contribution in [0.2, 0.25) is 5.02 Å². The number of rotatable bonds is 6. The van der Waals surface area contributed by atoms with Crippen LogP contribution in [0.25, 0.3) is 0 Å². The summed E-state index contributed by atoms with van der Waals surface area (Å²) in [6.07, 6.45) is 0.970. The molecule has 8 heteroatoms. The molecule has 31 heavy (non-hydrogen) atoms. The smallest absolute Gasteiger partial charge is 0.256 e. The number of carbonyl (C=O) groups is 2. The molecule has 1 fully saturated rings. The van der Waals surface area contributed by atoms with E-state index in [1.807, 2.05) is 43.3 Å². The fourth-order valence-electron chi connectivity index (χ4n) is 3.84. The molecule has 5 nitrogen and oxygen atoms in total. The minimum absolute atomic E-state index is 0.0687. The van der Waals surface area contributed by atoms with E-state index in [9.17, 15) is 18.4 Å². The molecule has 2 aromatic rings. The molecule has 2 aromatic carbocycles. The first kappa shape index (κ1) is 23.2. The second kappa shape index (κ2) is 10.2. The van der Waals surface area contributed by atoms with E-state index in [4.69, 9.17) is 11.6 Å². The number of hydrogen-bond donors (Lipinski definition) is 1. The number of likely N-dealkylation sites (tertiary alicyclic amines) is 1. The molecule has 1 aliphatic heterocycles. The fraction of sp³-hybridized carbons (Fsp3) is 0.391. The zero-order chi connectivity index (χ0) is 22.5. The topological polar surface area (TPSA) is 52.7 Å². The lowest BCUT2D eigenvalue weighted by Gasteiger charge is -2.32. The van der Waals surface area contributed by atoms with Crippen molar-refractivity contribution in [2.75, 3.05) is 33.7 Å². The van der Waals surface area contributed by atoms with Crippen molar-refractivity contribution in [1.29, 1.82) is 0 Å². The Bertz CT molecular complexity index is 946. The highest BCUT2D eigenvalue weighted by Crippen LogP contribution is 2.26. The van der Waals surface area contributed by atoms with E-state index in [0.717, 1.165) is 17.7 Å². The van der Waals surface area contributed by atoms with Gasteiger partial charge >= 0.3 is 0 Å². The predicted molar refractivity (Wildman–Crippen MR) is 116 cm³/mol. The lowest BCUT2D eigenvalue weighted by atomic mass is 9.95. The van der Waals surface area contributed by atoms with Crippen LogP contribution in [0.3, 0.4) is 0 Å². The standard InChI is InChI=1S/C23H26ClF2N3O2/c1-28(2)21(17-5-3-4-6-19(17)24)14-27-22(30)15-9-11-29(12-10-15)23(31)18-8-7-16(25)13-20(18)26/h3-8,13,15,21H,9-12,14H2,1-2H3,(H,27,30)/t21-/m0/s1. The highest BCUT2D eigenvalue weighted by atomic mass is 35.5. The van der Waals surface area contributed by atoms with E-state index in [0.29, 0.717) is 43.6 Å². The third-order valence-electron chi connectivity index (χ3n) is 5.67. The largest absolute Gasteiger partial charge is 0.354 e. The molecule has 0 aliphatic carbocycles. The van der Waals surface area contributed by atoms with Crippen LogP contribution >= 0.6 is 11.6 Å². The molecule has 1 atom stereocenters. The summed E-state index contributed by atoms with van der Waals surface area (Å²) < 4.78 is 27.0. The number of halogens is 3. The Balaban J connectivity index is 1.55. The first-order valence-corrected chi connectivity index (χ1v) is 10.6. The second-order valence-electron chi connectivity index (χ2n) is 7.94. The van der Waals surface area contributed by atoms with Crippen LogP contribution in [0.15, 0.2) is 42.5 Å². The van der Waals surface area contributed by atoms with Gasteiger partial charge in [-0.1, -0.05) is 29.8 Å². The van der Waals surface area contributed by atoms with Crippen molar-refractivity contribution in [3.63, 3.8) is 0 Å². The molecular weight excluding hydrogens is 424 g/mol. The molecule has 2 amide bonds. The quantitative estimate of drug-likeness (QED) is 0.728. The number of hydrogen-bond acceptors (Lipinski definition) is 3. The van der Waals surface area contributed by atoms with Gasteiger partial charge in [-0.3, -0.25) is 9.59 Å². The summed E-state index contributed by atoms with van der Waals surface area (Å²) in [5.41, 5.74) is 0.786. The molecule has 1 saturated heterocycles. The number of nitrogens with zero attached hydrogens (tertiary/aromatic N) is 2. The summed E-state index contributed by atoms with van der Waals surface area (Å²) in [6.45, 7) is 1.10. The Morgan fingerprint density at radius 1 is 1.16 bits per heavy atom. The van der Waals surface area contributed by atoms with Crippen molar-refractivity contribution in [2.45, 2.75) is 18.9 Å². The average Bonchev–Trinajstić information content (AvgIpc) is 2.74. The molecule has 0 bridgehead atoms. The van der Waals surface area contributed by atoms with Crippen molar-refractivity contribution in [1.82, 2.24) is 15.1 Å². The lowest BCUT2D eigenvalue weighted by molar-refractivity contribution is -0.126. The molecule has 0 saturated carbocycles. The number of nitrogens with one attached hydrogen (secondary N) is 1. The van der Waals surface area contributed by atoms with Gasteiger partial charge in [0.1, 0.15) is 11.6 Å². The zero-order valence-corrected chi connectivity index (χ0v) is 18.3. The molecule has 0 spiro atoms. The number of likely N-dealkylation sites (N-methyl/N-ethyl adjacent to an activating group) is 1. The summed E-state index contributed by atoms with van der Waals surface area (Å²) in [5, 5.41) is 3.65. The maximum atomic E-state index is 13.9. The van der Waals surface area contributed by atoms with E-state index in [1.165, 1.54) is 4.90 Å². The fourth-order valence-corrected chi connectivity index (χ4v) is 4.10. The van der Waals surface area contributed by atoms with Crippen LogP contribution in [-0.4, -0.2) is 55.3 Å². The number of carbonyl (C=O) groups excluding carboxylic acids is 2. The first-order valence-electron chi connectivity index (χ1n) is 10.2. The highest BCUT2D eigenvalue weighted by Gasteiger charge is 2.29.